The van der Waals surface area contributed by atoms with Crippen LogP contribution < -0.4 is 5.32 Å². The van der Waals surface area contributed by atoms with Crippen molar-refractivity contribution >= 4 is 17.2 Å². The maximum atomic E-state index is 12.1. The Balaban J connectivity index is 2.00. The van der Waals surface area contributed by atoms with Gasteiger partial charge in [0.2, 0.25) is 0 Å². The van der Waals surface area contributed by atoms with Crippen molar-refractivity contribution in [1.29, 1.82) is 0 Å². The summed E-state index contributed by atoms with van der Waals surface area (Å²) in [6.07, 6.45) is -0.648. The summed E-state index contributed by atoms with van der Waals surface area (Å²) in [5, 5.41) is 14.8. The van der Waals surface area contributed by atoms with Crippen LogP contribution in [-0.4, -0.2) is 17.6 Å². The Morgan fingerprint density at radius 3 is 2.60 bits per heavy atom. The number of hydrogen-bond donors (Lipinski definition) is 2. The topological polar surface area (TPSA) is 49.3 Å². The van der Waals surface area contributed by atoms with Gasteiger partial charge in [-0.1, -0.05) is 17.7 Å². The van der Waals surface area contributed by atoms with Crippen molar-refractivity contribution in [2.24, 2.45) is 0 Å². The fourth-order valence-electron chi connectivity index (χ4n) is 2.17. The van der Waals surface area contributed by atoms with Crippen LogP contribution in [0.5, 0.6) is 0 Å². The lowest BCUT2D eigenvalue weighted by Gasteiger charge is -2.13. The Morgan fingerprint density at radius 2 is 2.00 bits per heavy atom. The van der Waals surface area contributed by atoms with Gasteiger partial charge in [0.1, 0.15) is 6.10 Å². The second kappa shape index (κ2) is 6.20. The summed E-state index contributed by atoms with van der Waals surface area (Å²) in [4.78, 5) is 13.0. The molecule has 0 bridgehead atoms. The van der Waals surface area contributed by atoms with Gasteiger partial charge in [0.05, 0.1) is 0 Å². The maximum Gasteiger partial charge on any atom is 0.251 e. The molecule has 1 aromatic heterocycles. The van der Waals surface area contributed by atoms with E-state index in [1.165, 1.54) is 11.3 Å². The van der Waals surface area contributed by atoms with E-state index in [1.54, 1.807) is 0 Å². The first kappa shape index (κ1) is 14.8. The molecular formula is C16H19NO2S. The molecule has 0 fully saturated rings. The third-order valence-electron chi connectivity index (χ3n) is 3.29. The standard InChI is InChI=1S/C16H19NO2S/c1-10-4-5-13(12(3)8-10)16(19)17-9-14(18)15-11(2)6-7-20-15/h4-8,14,18H,9H2,1-3H3,(H,17,19). The molecule has 0 saturated heterocycles. The van der Waals surface area contributed by atoms with E-state index in [-0.39, 0.29) is 12.5 Å². The smallest absolute Gasteiger partial charge is 0.251 e. The molecule has 20 heavy (non-hydrogen) atoms. The van der Waals surface area contributed by atoms with Gasteiger partial charge in [0, 0.05) is 17.0 Å². The van der Waals surface area contributed by atoms with E-state index in [0.29, 0.717) is 5.56 Å². The lowest BCUT2D eigenvalue weighted by Crippen LogP contribution is -2.28. The van der Waals surface area contributed by atoms with Crippen LogP contribution >= 0.6 is 11.3 Å². The van der Waals surface area contributed by atoms with Crippen LogP contribution in [0.4, 0.5) is 0 Å². The zero-order valence-electron chi connectivity index (χ0n) is 11.9. The highest BCUT2D eigenvalue weighted by atomic mass is 32.1. The number of nitrogens with one attached hydrogen (secondary N) is 1. The van der Waals surface area contributed by atoms with Crippen molar-refractivity contribution in [2.45, 2.75) is 26.9 Å². The first-order valence-electron chi connectivity index (χ1n) is 6.56. The number of aryl methyl sites for hydroxylation is 3. The molecule has 0 aliphatic rings. The number of thiophene rings is 1. The molecule has 0 radical (unpaired) electrons. The molecule has 2 rings (SSSR count). The molecule has 0 aliphatic heterocycles. The lowest BCUT2D eigenvalue weighted by atomic mass is 10.1. The first-order valence-corrected chi connectivity index (χ1v) is 7.44. The summed E-state index contributed by atoms with van der Waals surface area (Å²) in [6.45, 7) is 6.11. The van der Waals surface area contributed by atoms with Gasteiger partial charge in [-0.3, -0.25) is 4.79 Å². The Bertz CT molecular complexity index is 619. The number of aliphatic hydroxyl groups excluding tert-OH is 1. The average molecular weight is 289 g/mol. The van der Waals surface area contributed by atoms with E-state index >= 15 is 0 Å². The van der Waals surface area contributed by atoms with Gasteiger partial charge < -0.3 is 10.4 Å². The van der Waals surface area contributed by atoms with Crippen LogP contribution in [0, 0.1) is 20.8 Å². The second-order valence-corrected chi connectivity index (χ2v) is 5.96. The van der Waals surface area contributed by atoms with Gasteiger partial charge >= 0.3 is 0 Å². The number of rotatable bonds is 4. The summed E-state index contributed by atoms with van der Waals surface area (Å²) in [5.74, 6) is -0.143. The van der Waals surface area contributed by atoms with Gasteiger partial charge in [-0.15, -0.1) is 11.3 Å². The maximum absolute atomic E-state index is 12.1. The van der Waals surface area contributed by atoms with Gasteiger partial charge in [-0.05, 0) is 49.4 Å². The predicted molar refractivity (Wildman–Crippen MR) is 82.3 cm³/mol. The highest BCUT2D eigenvalue weighted by molar-refractivity contribution is 7.10. The van der Waals surface area contributed by atoms with Crippen LogP contribution in [-0.2, 0) is 0 Å². The van der Waals surface area contributed by atoms with E-state index in [0.717, 1.165) is 21.6 Å². The van der Waals surface area contributed by atoms with Gasteiger partial charge in [-0.2, -0.15) is 0 Å². The summed E-state index contributed by atoms with van der Waals surface area (Å²) in [6, 6.07) is 7.69. The largest absolute Gasteiger partial charge is 0.386 e. The Labute approximate surface area is 123 Å². The van der Waals surface area contributed by atoms with Crippen molar-refractivity contribution in [2.75, 3.05) is 6.54 Å². The third kappa shape index (κ3) is 3.26. The minimum atomic E-state index is -0.648. The fraction of sp³-hybridized carbons (Fsp3) is 0.312. The molecule has 2 aromatic rings. The van der Waals surface area contributed by atoms with Crippen molar-refractivity contribution in [3.8, 4) is 0 Å². The normalized spacial score (nSPS) is 12.2. The van der Waals surface area contributed by atoms with E-state index in [9.17, 15) is 9.90 Å². The number of carbonyl (C=O) groups excluding carboxylic acids is 1. The highest BCUT2D eigenvalue weighted by Gasteiger charge is 2.14. The van der Waals surface area contributed by atoms with Crippen LogP contribution in [0.1, 0.15) is 38.0 Å². The molecule has 1 atom stereocenters. The van der Waals surface area contributed by atoms with E-state index < -0.39 is 6.10 Å². The molecule has 2 N–H and O–H groups in total. The van der Waals surface area contributed by atoms with Gasteiger partial charge in [0.25, 0.3) is 5.91 Å². The fourth-order valence-corrected chi connectivity index (χ4v) is 3.08. The summed E-state index contributed by atoms with van der Waals surface area (Å²) < 4.78 is 0. The number of carbonyl (C=O) groups is 1. The number of amides is 1. The number of hydrogen-bond acceptors (Lipinski definition) is 3. The van der Waals surface area contributed by atoms with E-state index in [1.807, 2.05) is 50.4 Å². The van der Waals surface area contributed by atoms with Crippen molar-refractivity contribution < 1.29 is 9.90 Å². The molecule has 1 amide bonds. The van der Waals surface area contributed by atoms with Crippen LogP contribution in [0.2, 0.25) is 0 Å². The van der Waals surface area contributed by atoms with Crippen molar-refractivity contribution in [3.05, 3.63) is 56.8 Å². The summed E-state index contributed by atoms with van der Waals surface area (Å²) in [7, 11) is 0. The molecule has 0 spiro atoms. The lowest BCUT2D eigenvalue weighted by molar-refractivity contribution is 0.0917. The van der Waals surface area contributed by atoms with Crippen LogP contribution in [0.15, 0.2) is 29.6 Å². The van der Waals surface area contributed by atoms with Gasteiger partial charge in [0.15, 0.2) is 0 Å². The zero-order chi connectivity index (χ0) is 14.7. The van der Waals surface area contributed by atoms with E-state index in [2.05, 4.69) is 5.32 Å². The van der Waals surface area contributed by atoms with E-state index in [4.69, 9.17) is 0 Å². The highest BCUT2D eigenvalue weighted by Crippen LogP contribution is 2.23. The predicted octanol–water partition coefficient (Wildman–Crippen LogP) is 3.14. The molecule has 106 valence electrons. The monoisotopic (exact) mass is 289 g/mol. The zero-order valence-corrected chi connectivity index (χ0v) is 12.8. The quantitative estimate of drug-likeness (QED) is 0.908. The van der Waals surface area contributed by atoms with Gasteiger partial charge in [-0.25, -0.2) is 0 Å². The second-order valence-electron chi connectivity index (χ2n) is 5.01. The molecule has 1 unspecified atom stereocenters. The Hall–Kier alpha value is -1.65. The van der Waals surface area contributed by atoms with Crippen LogP contribution in [0.25, 0.3) is 0 Å². The van der Waals surface area contributed by atoms with Crippen LogP contribution in [0.3, 0.4) is 0 Å². The van der Waals surface area contributed by atoms with Crippen molar-refractivity contribution in [1.82, 2.24) is 5.32 Å². The molecule has 1 aromatic carbocycles. The summed E-state index contributed by atoms with van der Waals surface area (Å²) in [5.41, 5.74) is 3.80. The minimum Gasteiger partial charge on any atom is -0.386 e. The molecular weight excluding hydrogens is 270 g/mol. The Morgan fingerprint density at radius 1 is 1.25 bits per heavy atom. The first-order chi connectivity index (χ1) is 9.49. The molecule has 3 nitrogen and oxygen atoms in total. The SMILES string of the molecule is Cc1ccc(C(=O)NCC(O)c2sccc2C)c(C)c1. The Kier molecular flexibility index (Phi) is 4.57. The summed E-state index contributed by atoms with van der Waals surface area (Å²) >= 11 is 1.51. The third-order valence-corrected chi connectivity index (χ3v) is 4.41. The van der Waals surface area contributed by atoms with Crippen molar-refractivity contribution in [3.63, 3.8) is 0 Å². The molecule has 1 heterocycles. The average Bonchev–Trinajstić information content (AvgIpc) is 2.82. The molecule has 4 heteroatoms. The minimum absolute atomic E-state index is 0.143. The molecule has 0 saturated carbocycles. The number of benzene rings is 1. The number of aliphatic hydroxyl groups is 1. The molecule has 0 aliphatic carbocycles.